The number of sulfonamides is 1. The van der Waals surface area contributed by atoms with Crippen LogP contribution in [0.25, 0.3) is 0 Å². The Balaban J connectivity index is 1.47. The van der Waals surface area contributed by atoms with Crippen molar-refractivity contribution in [2.45, 2.75) is 41.2 Å². The van der Waals surface area contributed by atoms with Gasteiger partial charge in [0.25, 0.3) is 5.91 Å². The molecular formula is C21H23N3O4S2. The average molecular weight is 446 g/mol. The first kappa shape index (κ1) is 20.9. The zero-order valence-corrected chi connectivity index (χ0v) is 18.2. The molecule has 158 valence electrons. The highest BCUT2D eigenvalue weighted by atomic mass is 32.2. The Morgan fingerprint density at radius 1 is 1.10 bits per heavy atom. The number of amides is 2. The standard InChI is InChI=1S/C21H23N3O4S2/c1-14-20(25)23-18-13-15(5-10-19(18)29-14)21(26)22-16-6-8-17(9-7-16)30(27,28)24-11-3-2-4-12-24/h5-10,13-14H,2-4,11-12H2,1H3,(H,22,26)(H,23,25)/t14-/m1/s1. The van der Waals surface area contributed by atoms with Crippen LogP contribution in [0.15, 0.2) is 52.3 Å². The van der Waals surface area contributed by atoms with Gasteiger partial charge >= 0.3 is 0 Å². The Hall–Kier alpha value is -2.36. The van der Waals surface area contributed by atoms with Gasteiger partial charge in [0.1, 0.15) is 0 Å². The number of hydrogen-bond donors (Lipinski definition) is 2. The van der Waals surface area contributed by atoms with E-state index in [-0.39, 0.29) is 22.0 Å². The predicted octanol–water partition coefficient (Wildman–Crippen LogP) is 3.55. The number of thioether (sulfide) groups is 1. The number of nitrogens with zero attached hydrogens (tertiary/aromatic N) is 1. The normalized spacial score (nSPS) is 19.6. The maximum Gasteiger partial charge on any atom is 0.255 e. The van der Waals surface area contributed by atoms with E-state index in [1.165, 1.54) is 28.2 Å². The van der Waals surface area contributed by atoms with Crippen LogP contribution in [0.5, 0.6) is 0 Å². The first-order valence-corrected chi connectivity index (χ1v) is 12.2. The quantitative estimate of drug-likeness (QED) is 0.750. The first-order valence-electron chi connectivity index (χ1n) is 9.88. The molecule has 2 N–H and O–H groups in total. The van der Waals surface area contributed by atoms with Gasteiger partial charge in [0.15, 0.2) is 0 Å². The maximum absolute atomic E-state index is 12.7. The fraction of sp³-hybridized carbons (Fsp3) is 0.333. The molecule has 9 heteroatoms. The molecule has 0 aromatic heterocycles. The summed E-state index contributed by atoms with van der Waals surface area (Å²) in [5, 5.41) is 5.42. The number of fused-ring (bicyclic) bond motifs is 1. The van der Waals surface area contributed by atoms with Crippen molar-refractivity contribution in [3.8, 4) is 0 Å². The monoisotopic (exact) mass is 445 g/mol. The fourth-order valence-electron chi connectivity index (χ4n) is 3.52. The second-order valence-corrected chi connectivity index (χ2v) is 10.7. The third-order valence-electron chi connectivity index (χ3n) is 5.24. The van der Waals surface area contributed by atoms with Gasteiger partial charge in [-0.1, -0.05) is 6.42 Å². The van der Waals surface area contributed by atoms with E-state index in [2.05, 4.69) is 10.6 Å². The summed E-state index contributed by atoms with van der Waals surface area (Å²) in [5.74, 6) is -0.419. The van der Waals surface area contributed by atoms with E-state index >= 15 is 0 Å². The van der Waals surface area contributed by atoms with Crippen LogP contribution in [0.4, 0.5) is 11.4 Å². The van der Waals surface area contributed by atoms with Crippen LogP contribution in [0.2, 0.25) is 0 Å². The van der Waals surface area contributed by atoms with Gasteiger partial charge in [0.05, 0.1) is 15.8 Å². The molecule has 2 aromatic rings. The number of hydrogen-bond acceptors (Lipinski definition) is 5. The minimum absolute atomic E-state index is 0.0874. The van der Waals surface area contributed by atoms with E-state index in [1.807, 2.05) is 13.0 Å². The Bertz CT molecular complexity index is 1080. The maximum atomic E-state index is 12.7. The molecular weight excluding hydrogens is 422 g/mol. The van der Waals surface area contributed by atoms with E-state index in [1.54, 1.807) is 24.3 Å². The molecule has 2 heterocycles. The molecule has 1 saturated heterocycles. The second kappa shape index (κ2) is 8.41. The second-order valence-electron chi connectivity index (χ2n) is 7.40. The molecule has 0 aliphatic carbocycles. The van der Waals surface area contributed by atoms with Crippen molar-refractivity contribution < 1.29 is 18.0 Å². The third kappa shape index (κ3) is 4.23. The molecule has 0 radical (unpaired) electrons. The lowest BCUT2D eigenvalue weighted by atomic mass is 10.1. The Morgan fingerprint density at radius 3 is 2.50 bits per heavy atom. The van der Waals surface area contributed by atoms with Crippen LogP contribution in [0.1, 0.15) is 36.5 Å². The zero-order chi connectivity index (χ0) is 21.3. The third-order valence-corrected chi connectivity index (χ3v) is 8.33. The van der Waals surface area contributed by atoms with Crippen molar-refractivity contribution in [2.24, 2.45) is 0 Å². The molecule has 0 saturated carbocycles. The zero-order valence-electron chi connectivity index (χ0n) is 16.6. The Kier molecular flexibility index (Phi) is 5.86. The van der Waals surface area contributed by atoms with Crippen molar-refractivity contribution in [2.75, 3.05) is 23.7 Å². The van der Waals surface area contributed by atoms with Crippen molar-refractivity contribution in [3.63, 3.8) is 0 Å². The number of rotatable bonds is 4. The summed E-state index contributed by atoms with van der Waals surface area (Å²) in [6.07, 6.45) is 2.82. The highest BCUT2D eigenvalue weighted by Crippen LogP contribution is 2.36. The van der Waals surface area contributed by atoms with Gasteiger partial charge in [-0.15, -0.1) is 11.8 Å². The van der Waals surface area contributed by atoms with Gasteiger partial charge in [-0.05, 0) is 62.2 Å². The van der Waals surface area contributed by atoms with Crippen molar-refractivity contribution in [3.05, 3.63) is 48.0 Å². The van der Waals surface area contributed by atoms with Crippen LogP contribution < -0.4 is 10.6 Å². The number of piperidine rings is 1. The summed E-state index contributed by atoms with van der Waals surface area (Å²) < 4.78 is 27.0. The average Bonchev–Trinajstić information content (AvgIpc) is 2.75. The minimum Gasteiger partial charge on any atom is -0.324 e. The fourth-order valence-corrected chi connectivity index (χ4v) is 5.97. The summed E-state index contributed by atoms with van der Waals surface area (Å²) in [4.78, 5) is 25.6. The van der Waals surface area contributed by atoms with Crippen LogP contribution in [0.3, 0.4) is 0 Å². The Morgan fingerprint density at radius 2 is 1.80 bits per heavy atom. The van der Waals surface area contributed by atoms with Crippen molar-refractivity contribution in [1.29, 1.82) is 0 Å². The van der Waals surface area contributed by atoms with E-state index in [9.17, 15) is 18.0 Å². The summed E-state index contributed by atoms with van der Waals surface area (Å²) in [5.41, 5.74) is 1.54. The lowest BCUT2D eigenvalue weighted by molar-refractivity contribution is -0.115. The number of benzene rings is 2. The lowest BCUT2D eigenvalue weighted by Crippen LogP contribution is -2.35. The topological polar surface area (TPSA) is 95.6 Å². The summed E-state index contributed by atoms with van der Waals surface area (Å²) in [7, 11) is -3.50. The molecule has 2 aliphatic rings. The SMILES string of the molecule is C[C@H]1Sc2ccc(C(=O)Nc3ccc(S(=O)(=O)N4CCCCC4)cc3)cc2NC1=O. The van der Waals surface area contributed by atoms with Crippen LogP contribution in [0, 0.1) is 0 Å². The number of anilines is 2. The lowest BCUT2D eigenvalue weighted by Gasteiger charge is -2.25. The van der Waals surface area contributed by atoms with E-state index < -0.39 is 10.0 Å². The molecule has 2 aliphatic heterocycles. The van der Waals surface area contributed by atoms with E-state index in [0.717, 1.165) is 24.2 Å². The molecule has 0 unspecified atom stereocenters. The first-order chi connectivity index (χ1) is 14.3. The predicted molar refractivity (Wildman–Crippen MR) is 117 cm³/mol. The van der Waals surface area contributed by atoms with Gasteiger partial charge in [0, 0.05) is 29.2 Å². The molecule has 7 nitrogen and oxygen atoms in total. The number of carbonyl (C=O) groups is 2. The molecule has 0 spiro atoms. The minimum atomic E-state index is -3.50. The Labute approximate surface area is 180 Å². The van der Waals surface area contributed by atoms with Gasteiger partial charge in [-0.2, -0.15) is 4.31 Å². The molecule has 1 atom stereocenters. The van der Waals surface area contributed by atoms with Gasteiger partial charge in [0.2, 0.25) is 15.9 Å². The smallest absolute Gasteiger partial charge is 0.255 e. The summed E-state index contributed by atoms with van der Waals surface area (Å²) in [6.45, 7) is 2.93. The van der Waals surface area contributed by atoms with Gasteiger partial charge < -0.3 is 10.6 Å². The molecule has 1 fully saturated rings. The van der Waals surface area contributed by atoms with Gasteiger partial charge in [-0.3, -0.25) is 9.59 Å². The van der Waals surface area contributed by atoms with E-state index in [4.69, 9.17) is 0 Å². The summed E-state index contributed by atoms with van der Waals surface area (Å²) >= 11 is 1.46. The van der Waals surface area contributed by atoms with Crippen molar-refractivity contribution in [1.82, 2.24) is 4.31 Å². The van der Waals surface area contributed by atoms with Crippen LogP contribution in [-0.4, -0.2) is 42.9 Å². The van der Waals surface area contributed by atoms with Crippen LogP contribution >= 0.6 is 11.8 Å². The summed E-state index contributed by atoms with van der Waals surface area (Å²) in [6, 6.07) is 11.4. The van der Waals surface area contributed by atoms with Crippen LogP contribution in [-0.2, 0) is 14.8 Å². The van der Waals surface area contributed by atoms with Crippen molar-refractivity contribution >= 4 is 45.0 Å². The molecule has 30 heavy (non-hydrogen) atoms. The molecule has 0 bridgehead atoms. The molecule has 4 rings (SSSR count). The highest BCUT2D eigenvalue weighted by Gasteiger charge is 2.26. The number of carbonyl (C=O) groups excluding carboxylic acids is 2. The largest absolute Gasteiger partial charge is 0.324 e. The molecule has 2 amide bonds. The highest BCUT2D eigenvalue weighted by molar-refractivity contribution is 8.01. The van der Waals surface area contributed by atoms with Gasteiger partial charge in [-0.25, -0.2) is 8.42 Å². The molecule has 2 aromatic carbocycles. The van der Waals surface area contributed by atoms with E-state index in [0.29, 0.717) is 30.0 Å². The number of nitrogens with one attached hydrogen (secondary N) is 2.